The summed E-state index contributed by atoms with van der Waals surface area (Å²) < 4.78 is 8.72. The molecule has 1 fully saturated rings. The fourth-order valence-corrected chi connectivity index (χ4v) is 7.11. The zero-order chi connectivity index (χ0) is 42.6. The van der Waals surface area contributed by atoms with Crippen LogP contribution in [-0.4, -0.2) is 102 Å². The fourth-order valence-electron chi connectivity index (χ4n) is 7.11. The van der Waals surface area contributed by atoms with Crippen LogP contribution in [0.15, 0.2) is 48.8 Å². The molecule has 0 bridgehead atoms. The Hall–Kier alpha value is -5.94. The van der Waals surface area contributed by atoms with Crippen molar-refractivity contribution >= 4 is 24.4 Å². The number of H-pyrrole nitrogens is 2. The molecule has 2 atom stereocenters. The van der Waals surface area contributed by atoms with Crippen molar-refractivity contribution in [3.63, 3.8) is 0 Å². The van der Waals surface area contributed by atoms with E-state index < -0.39 is 12.2 Å². The predicted octanol–water partition coefficient (Wildman–Crippen LogP) is 6.94. The molecule has 0 radical (unpaired) electrons. The molecule has 6 rings (SSSR count). The summed E-state index contributed by atoms with van der Waals surface area (Å²) in [6, 6.07) is 13.7. The lowest BCUT2D eigenvalue weighted by Gasteiger charge is -2.22. The molecule has 0 unspecified atom stereocenters. The number of aryl methyl sites for hydroxylation is 2. The minimum absolute atomic E-state index is 0.00662. The van der Waals surface area contributed by atoms with Gasteiger partial charge in [-0.3, -0.25) is 9.69 Å². The molecule has 2 aromatic carbocycles. The number of alkyl carbamates (subject to hydrolysis) is 2. The quantitative estimate of drug-likeness (QED) is 0.0875. The molecule has 3 heterocycles. The minimum Gasteiger partial charge on any atom is -0.453 e. The first-order valence-corrected chi connectivity index (χ1v) is 19.8. The maximum Gasteiger partial charge on any atom is 0.407 e. The van der Waals surface area contributed by atoms with Crippen molar-refractivity contribution in [2.75, 3.05) is 47.4 Å². The average molecular weight is 797 g/mol. The third kappa shape index (κ3) is 12.5. The number of hydrogen-bond acceptors (Lipinski definition) is 9. The third-order valence-electron chi connectivity index (χ3n) is 9.86. The number of rotatable bonds is 12. The highest BCUT2D eigenvalue weighted by Gasteiger charge is 2.34. The fraction of sp³-hybridized carbons (Fsp3) is 0.455. The van der Waals surface area contributed by atoms with Crippen LogP contribution in [0.1, 0.15) is 82.2 Å². The smallest absolute Gasteiger partial charge is 0.407 e. The van der Waals surface area contributed by atoms with Gasteiger partial charge in [0.05, 0.1) is 57.1 Å². The van der Waals surface area contributed by atoms with Gasteiger partial charge in [0.25, 0.3) is 0 Å². The van der Waals surface area contributed by atoms with Gasteiger partial charge >= 0.3 is 12.2 Å². The number of terminal acetylenes is 1. The number of methoxy groups -OCH3 is 2. The summed E-state index contributed by atoms with van der Waals surface area (Å²) >= 11 is 0. The van der Waals surface area contributed by atoms with E-state index in [9.17, 15) is 19.2 Å². The number of fused-ring (bicyclic) bond motifs is 3. The Morgan fingerprint density at radius 3 is 2.02 bits per heavy atom. The number of aromatic amines is 2. The van der Waals surface area contributed by atoms with Gasteiger partial charge in [-0.25, -0.2) is 19.6 Å². The van der Waals surface area contributed by atoms with E-state index in [2.05, 4.69) is 117 Å². The lowest BCUT2D eigenvalue weighted by atomic mass is 9.83. The first-order chi connectivity index (χ1) is 28.1. The van der Waals surface area contributed by atoms with E-state index >= 15 is 0 Å². The molecule has 0 saturated carbocycles. The van der Waals surface area contributed by atoms with Crippen molar-refractivity contribution in [2.45, 2.75) is 78.8 Å². The predicted molar refractivity (Wildman–Crippen MR) is 227 cm³/mol. The number of aldehydes is 1. The number of ether oxygens (including phenoxy) is 2. The molecule has 1 aliphatic carbocycles. The van der Waals surface area contributed by atoms with E-state index in [4.69, 9.17) is 4.98 Å². The Labute approximate surface area is 342 Å². The first kappa shape index (κ1) is 46.4. The number of likely N-dealkylation sites (tertiary alicyclic amines) is 1. The maximum absolute atomic E-state index is 12.7. The number of imidazole rings is 2. The number of nitrogens with one attached hydrogen (secondary N) is 4. The monoisotopic (exact) mass is 796 g/mol. The standard InChI is InChI=1S/C35H43N7O3.C4H7NO3.C3H8.C2H2/c1-5-14-42(32(43)20-38-35(44)45-4)21-31-36-18-29(39-31)25-9-11-27-23(16-25)7-8-24-17-26(10-12-28(24)27)30-19-37-34(40-30)33-22(6-2)13-15-41(33)3;1-8-4(7)5-2-3-6;1-3-2;1-2/h9-12,16-19,22,33H,5-8,13-15,20-21H2,1-4H3,(H,36,39)(H,37,40)(H,38,44);3H,2H2,1H3,(H,5,7);3H2,1-2H3;1-2H/t22-,33+;;;/m1.../s1. The van der Waals surface area contributed by atoms with Gasteiger partial charge in [0.1, 0.15) is 24.5 Å². The van der Waals surface area contributed by atoms with Gasteiger partial charge in [-0.2, -0.15) is 0 Å². The van der Waals surface area contributed by atoms with E-state index in [1.165, 1.54) is 61.3 Å². The van der Waals surface area contributed by atoms with Gasteiger partial charge in [0.2, 0.25) is 5.91 Å². The zero-order valence-electron chi connectivity index (χ0n) is 35.0. The molecule has 4 N–H and O–H groups in total. The first-order valence-electron chi connectivity index (χ1n) is 19.8. The second-order valence-corrected chi connectivity index (χ2v) is 14.0. The Bertz CT molecular complexity index is 1950. The number of benzene rings is 2. The van der Waals surface area contributed by atoms with Crippen LogP contribution in [-0.2, 0) is 38.4 Å². The van der Waals surface area contributed by atoms with Gasteiger partial charge in [-0.1, -0.05) is 64.8 Å². The molecular formula is C44H60N8O6. The molecule has 0 spiro atoms. The van der Waals surface area contributed by atoms with Crippen LogP contribution in [0.3, 0.4) is 0 Å². The Morgan fingerprint density at radius 1 is 0.897 bits per heavy atom. The average Bonchev–Trinajstić information content (AvgIpc) is 4.02. The van der Waals surface area contributed by atoms with E-state index in [-0.39, 0.29) is 19.0 Å². The molecule has 2 aliphatic rings. The van der Waals surface area contributed by atoms with E-state index in [1.807, 2.05) is 19.3 Å². The highest BCUT2D eigenvalue weighted by atomic mass is 16.5. The van der Waals surface area contributed by atoms with Gasteiger partial charge in [-0.15, -0.1) is 12.8 Å². The highest BCUT2D eigenvalue weighted by Crippen LogP contribution is 2.39. The van der Waals surface area contributed by atoms with Crippen LogP contribution in [0.5, 0.6) is 0 Å². The number of carbonyl (C=O) groups is 4. The summed E-state index contributed by atoms with van der Waals surface area (Å²) in [6.07, 6.45) is 17.6. The van der Waals surface area contributed by atoms with Gasteiger partial charge in [-0.05, 0) is 90.7 Å². The molecule has 14 heteroatoms. The number of hydrogen-bond donors (Lipinski definition) is 4. The molecular weight excluding hydrogens is 737 g/mol. The number of carbonyl (C=O) groups excluding carboxylic acids is 4. The topological polar surface area (TPSA) is 175 Å². The molecule has 312 valence electrons. The number of nitrogens with zero attached hydrogens (tertiary/aromatic N) is 4. The molecule has 4 aromatic rings. The van der Waals surface area contributed by atoms with Gasteiger partial charge < -0.3 is 39.8 Å². The van der Waals surface area contributed by atoms with Crippen molar-refractivity contribution in [1.82, 2.24) is 40.4 Å². The zero-order valence-corrected chi connectivity index (χ0v) is 35.0. The van der Waals surface area contributed by atoms with Crippen molar-refractivity contribution in [3.8, 4) is 46.5 Å². The summed E-state index contributed by atoms with van der Waals surface area (Å²) in [6.45, 7) is 10.5. The minimum atomic E-state index is -0.625. The lowest BCUT2D eigenvalue weighted by Crippen LogP contribution is -2.40. The molecule has 3 amide bonds. The largest absolute Gasteiger partial charge is 0.453 e. The van der Waals surface area contributed by atoms with Crippen LogP contribution in [0.2, 0.25) is 0 Å². The molecule has 1 aliphatic heterocycles. The van der Waals surface area contributed by atoms with Crippen LogP contribution in [0.4, 0.5) is 9.59 Å². The van der Waals surface area contributed by atoms with Crippen LogP contribution >= 0.6 is 0 Å². The third-order valence-corrected chi connectivity index (χ3v) is 9.86. The Kier molecular flexibility index (Phi) is 19.2. The maximum atomic E-state index is 12.7. The second kappa shape index (κ2) is 24.0. The summed E-state index contributed by atoms with van der Waals surface area (Å²) in [5.74, 6) is 2.24. The molecule has 2 aromatic heterocycles. The number of aromatic nitrogens is 4. The molecule has 14 nitrogen and oxygen atoms in total. The summed E-state index contributed by atoms with van der Waals surface area (Å²) in [5.41, 5.74) is 9.49. The van der Waals surface area contributed by atoms with Gasteiger partial charge in [0, 0.05) is 6.54 Å². The second-order valence-electron chi connectivity index (χ2n) is 14.0. The number of amides is 3. The van der Waals surface area contributed by atoms with E-state index in [0.29, 0.717) is 37.2 Å². The van der Waals surface area contributed by atoms with Crippen molar-refractivity contribution in [1.29, 1.82) is 0 Å². The molecule has 1 saturated heterocycles. The van der Waals surface area contributed by atoms with Crippen molar-refractivity contribution in [3.05, 3.63) is 71.6 Å². The summed E-state index contributed by atoms with van der Waals surface area (Å²) in [4.78, 5) is 64.3. The SMILES string of the molecule is C#C.CCC.CCCN(Cc1ncc(-c2ccc3c(c2)CCc2cc(-c4cnc([C@@H]5[C@H](CC)CCN5C)[nH]4)ccc2-3)[nH]1)C(=O)CNC(=O)OC.COC(=O)NCC=O. The van der Waals surface area contributed by atoms with Crippen molar-refractivity contribution < 1.29 is 28.7 Å². The molecule has 58 heavy (non-hydrogen) atoms. The van der Waals surface area contributed by atoms with E-state index in [0.717, 1.165) is 48.6 Å². The summed E-state index contributed by atoms with van der Waals surface area (Å²) in [7, 11) is 4.71. The Morgan fingerprint density at radius 2 is 1.47 bits per heavy atom. The van der Waals surface area contributed by atoms with Crippen molar-refractivity contribution in [2.24, 2.45) is 5.92 Å². The van der Waals surface area contributed by atoms with Crippen LogP contribution in [0.25, 0.3) is 33.6 Å². The normalized spacial score (nSPS) is 15.0. The van der Waals surface area contributed by atoms with Crippen LogP contribution in [0, 0.1) is 18.8 Å². The Balaban J connectivity index is 0.000000606. The van der Waals surface area contributed by atoms with Crippen LogP contribution < -0.4 is 10.6 Å². The lowest BCUT2D eigenvalue weighted by molar-refractivity contribution is -0.130. The summed E-state index contributed by atoms with van der Waals surface area (Å²) in [5, 5.41) is 4.62. The highest BCUT2D eigenvalue weighted by molar-refractivity contribution is 5.82. The van der Waals surface area contributed by atoms with Gasteiger partial charge in [0.15, 0.2) is 0 Å². The van der Waals surface area contributed by atoms with E-state index in [1.54, 1.807) is 4.90 Å².